The van der Waals surface area contributed by atoms with Crippen molar-refractivity contribution < 1.29 is 9.18 Å². The molecule has 1 aromatic carbocycles. The molecule has 3 unspecified atom stereocenters. The van der Waals surface area contributed by atoms with Crippen LogP contribution in [0.15, 0.2) is 24.3 Å². The zero-order valence-electron chi connectivity index (χ0n) is 12.0. The van der Waals surface area contributed by atoms with Gasteiger partial charge in [-0.2, -0.15) is 0 Å². The molecule has 0 saturated carbocycles. The quantitative estimate of drug-likeness (QED) is 0.896. The summed E-state index contributed by atoms with van der Waals surface area (Å²) in [5, 5.41) is 3.28. The lowest BCUT2D eigenvalue weighted by Gasteiger charge is -2.34. The molecule has 1 amide bonds. The van der Waals surface area contributed by atoms with E-state index in [9.17, 15) is 9.18 Å². The second-order valence-corrected chi connectivity index (χ2v) is 6.24. The Morgan fingerprint density at radius 1 is 1.10 bits per heavy atom. The molecular weight excluding hydrogens is 269 g/mol. The lowest BCUT2D eigenvalue weighted by atomic mass is 10.0. The van der Waals surface area contributed by atoms with Gasteiger partial charge in [0.2, 0.25) is 5.91 Å². The van der Waals surface area contributed by atoms with Gasteiger partial charge in [0.25, 0.3) is 0 Å². The number of nitrogens with zero attached hydrogens (tertiary/aromatic N) is 2. The van der Waals surface area contributed by atoms with E-state index in [1.54, 1.807) is 12.1 Å². The third-order valence-electron chi connectivity index (χ3n) is 5.13. The first-order chi connectivity index (χ1) is 10.2. The third-order valence-corrected chi connectivity index (χ3v) is 5.13. The van der Waals surface area contributed by atoms with E-state index in [2.05, 4.69) is 10.2 Å². The van der Waals surface area contributed by atoms with Crippen LogP contribution < -0.4 is 5.32 Å². The van der Waals surface area contributed by atoms with Crippen LogP contribution in [-0.2, 0) is 4.79 Å². The first-order valence-electron chi connectivity index (χ1n) is 7.78. The smallest absolute Gasteiger partial charge is 0.238 e. The second-order valence-electron chi connectivity index (χ2n) is 6.24. The third kappa shape index (κ3) is 2.15. The molecule has 1 N–H and O–H groups in total. The summed E-state index contributed by atoms with van der Waals surface area (Å²) in [5.41, 5.74) is 0.971. The van der Waals surface area contributed by atoms with E-state index in [1.807, 2.05) is 4.90 Å². The van der Waals surface area contributed by atoms with Crippen molar-refractivity contribution in [2.24, 2.45) is 0 Å². The molecule has 4 rings (SSSR count). The summed E-state index contributed by atoms with van der Waals surface area (Å²) in [6.07, 6.45) is 3.36. The van der Waals surface area contributed by atoms with E-state index in [-0.39, 0.29) is 17.9 Å². The minimum atomic E-state index is -0.238. The maximum absolute atomic E-state index is 13.1. The number of amides is 1. The molecule has 0 aromatic heterocycles. The number of hydrogen-bond acceptors (Lipinski definition) is 3. The SMILES string of the molecule is O=C1CNC(c2ccc(F)cc2)N1C1CCN2CCCC12. The second kappa shape index (κ2) is 5.07. The molecule has 0 aliphatic carbocycles. The van der Waals surface area contributed by atoms with Crippen LogP contribution in [0.1, 0.15) is 31.0 Å². The number of carbonyl (C=O) groups is 1. The standard InChI is InChI=1S/C16H20FN3O/c17-12-5-3-11(4-6-12)16-18-10-15(21)20(16)14-7-9-19-8-1-2-13(14)19/h3-6,13-14,16,18H,1-2,7-10H2. The number of fused-ring (bicyclic) bond motifs is 1. The van der Waals surface area contributed by atoms with Gasteiger partial charge in [-0.3, -0.25) is 15.0 Å². The molecule has 3 aliphatic rings. The Kier molecular flexibility index (Phi) is 3.19. The Hall–Kier alpha value is -1.46. The molecule has 3 aliphatic heterocycles. The fraction of sp³-hybridized carbons (Fsp3) is 0.562. The zero-order valence-corrected chi connectivity index (χ0v) is 12.0. The van der Waals surface area contributed by atoms with Crippen molar-refractivity contribution in [2.45, 2.75) is 37.5 Å². The summed E-state index contributed by atoms with van der Waals surface area (Å²) >= 11 is 0. The number of benzene rings is 1. The Morgan fingerprint density at radius 2 is 1.90 bits per heavy atom. The molecule has 0 spiro atoms. The number of halogens is 1. The van der Waals surface area contributed by atoms with Gasteiger partial charge in [0.15, 0.2) is 0 Å². The summed E-state index contributed by atoms with van der Waals surface area (Å²) in [5.74, 6) is -0.0690. The van der Waals surface area contributed by atoms with Gasteiger partial charge in [0, 0.05) is 12.6 Å². The number of hydrogen-bond donors (Lipinski definition) is 1. The highest BCUT2D eigenvalue weighted by Crippen LogP contribution is 2.36. The predicted octanol–water partition coefficient (Wildman–Crippen LogP) is 1.49. The Morgan fingerprint density at radius 3 is 2.71 bits per heavy atom. The van der Waals surface area contributed by atoms with E-state index >= 15 is 0 Å². The first kappa shape index (κ1) is 13.2. The lowest BCUT2D eigenvalue weighted by Crippen LogP contribution is -2.45. The molecule has 1 aromatic rings. The molecule has 112 valence electrons. The van der Waals surface area contributed by atoms with Gasteiger partial charge in [0.05, 0.1) is 12.6 Å². The van der Waals surface area contributed by atoms with Crippen LogP contribution in [0.2, 0.25) is 0 Å². The zero-order chi connectivity index (χ0) is 14.4. The van der Waals surface area contributed by atoms with Crippen LogP contribution in [0.3, 0.4) is 0 Å². The highest BCUT2D eigenvalue weighted by Gasteiger charge is 2.46. The van der Waals surface area contributed by atoms with Crippen molar-refractivity contribution in [3.05, 3.63) is 35.6 Å². The maximum atomic E-state index is 13.1. The van der Waals surface area contributed by atoms with Gasteiger partial charge in [0.1, 0.15) is 12.0 Å². The topological polar surface area (TPSA) is 35.6 Å². The van der Waals surface area contributed by atoms with Gasteiger partial charge in [-0.1, -0.05) is 12.1 Å². The van der Waals surface area contributed by atoms with Crippen molar-refractivity contribution >= 4 is 5.91 Å². The summed E-state index contributed by atoms with van der Waals surface area (Å²) in [6, 6.07) is 7.30. The molecule has 3 fully saturated rings. The van der Waals surface area contributed by atoms with Crippen LogP contribution in [0.4, 0.5) is 4.39 Å². The Labute approximate surface area is 123 Å². The summed E-state index contributed by atoms with van der Waals surface area (Å²) < 4.78 is 13.1. The van der Waals surface area contributed by atoms with Crippen molar-refractivity contribution in [3.63, 3.8) is 0 Å². The van der Waals surface area contributed by atoms with Crippen LogP contribution in [0.25, 0.3) is 0 Å². The first-order valence-corrected chi connectivity index (χ1v) is 7.78. The molecule has 0 bridgehead atoms. The highest BCUT2D eigenvalue weighted by atomic mass is 19.1. The van der Waals surface area contributed by atoms with Crippen LogP contribution in [0, 0.1) is 5.82 Å². The van der Waals surface area contributed by atoms with Gasteiger partial charge in [-0.25, -0.2) is 4.39 Å². The van der Waals surface area contributed by atoms with Crippen molar-refractivity contribution in [1.82, 2.24) is 15.1 Å². The Balaban J connectivity index is 1.62. The fourth-order valence-corrected chi connectivity index (χ4v) is 4.20. The summed E-state index contributed by atoms with van der Waals surface area (Å²) in [4.78, 5) is 16.9. The largest absolute Gasteiger partial charge is 0.317 e. The molecule has 21 heavy (non-hydrogen) atoms. The normalized spacial score (nSPS) is 32.9. The molecular formula is C16H20FN3O. The molecule has 0 radical (unpaired) electrons. The monoisotopic (exact) mass is 289 g/mol. The molecule has 3 heterocycles. The van der Waals surface area contributed by atoms with E-state index in [4.69, 9.17) is 0 Å². The predicted molar refractivity (Wildman–Crippen MR) is 77.0 cm³/mol. The van der Waals surface area contributed by atoms with Crippen molar-refractivity contribution in [1.29, 1.82) is 0 Å². The van der Waals surface area contributed by atoms with Crippen LogP contribution in [0.5, 0.6) is 0 Å². The van der Waals surface area contributed by atoms with E-state index in [1.165, 1.54) is 25.0 Å². The van der Waals surface area contributed by atoms with E-state index < -0.39 is 0 Å². The molecule has 5 heteroatoms. The summed E-state index contributed by atoms with van der Waals surface area (Å²) in [6.45, 7) is 2.64. The van der Waals surface area contributed by atoms with Crippen LogP contribution >= 0.6 is 0 Å². The highest BCUT2D eigenvalue weighted by molar-refractivity contribution is 5.81. The van der Waals surface area contributed by atoms with Crippen molar-refractivity contribution in [3.8, 4) is 0 Å². The minimum absolute atomic E-state index is 0.108. The molecule has 4 nitrogen and oxygen atoms in total. The van der Waals surface area contributed by atoms with Crippen molar-refractivity contribution in [2.75, 3.05) is 19.6 Å². The number of rotatable bonds is 2. The Bertz CT molecular complexity index is 547. The number of carbonyl (C=O) groups excluding carboxylic acids is 1. The average molecular weight is 289 g/mol. The summed E-state index contributed by atoms with van der Waals surface area (Å²) in [7, 11) is 0. The van der Waals surface area contributed by atoms with Gasteiger partial charge in [-0.15, -0.1) is 0 Å². The van der Waals surface area contributed by atoms with Gasteiger partial charge < -0.3 is 4.90 Å². The average Bonchev–Trinajstić information content (AvgIpc) is 3.15. The minimum Gasteiger partial charge on any atom is -0.317 e. The maximum Gasteiger partial charge on any atom is 0.238 e. The number of nitrogens with one attached hydrogen (secondary N) is 1. The lowest BCUT2D eigenvalue weighted by molar-refractivity contribution is -0.130. The van der Waals surface area contributed by atoms with Crippen LogP contribution in [-0.4, -0.2) is 47.4 Å². The fourth-order valence-electron chi connectivity index (χ4n) is 4.20. The van der Waals surface area contributed by atoms with E-state index in [0.717, 1.165) is 25.1 Å². The van der Waals surface area contributed by atoms with E-state index in [0.29, 0.717) is 18.6 Å². The van der Waals surface area contributed by atoms with Gasteiger partial charge in [-0.05, 0) is 43.5 Å². The molecule has 3 atom stereocenters. The van der Waals surface area contributed by atoms with Gasteiger partial charge >= 0.3 is 0 Å². The molecule has 3 saturated heterocycles.